The minimum Gasteiger partial charge on any atom is -0.481 e. The molecule has 2 atom stereocenters. The zero-order valence-corrected chi connectivity index (χ0v) is 32.8. The van der Waals surface area contributed by atoms with Gasteiger partial charge in [0.05, 0.1) is 46.9 Å². The number of carbonyl (C=O) groups is 2. The number of amides is 1. The number of nitro benzene ring substituents is 2. The summed E-state index contributed by atoms with van der Waals surface area (Å²) in [5.41, 5.74) is -7.31. The van der Waals surface area contributed by atoms with Crippen molar-refractivity contribution in [3.8, 4) is 0 Å². The topological polar surface area (TPSA) is 203 Å². The molecule has 1 amide bonds. The molecule has 2 unspecified atom stereocenters. The maximum absolute atomic E-state index is 14.3. The number of hydrogen-bond acceptors (Lipinski definition) is 9. The lowest BCUT2D eigenvalue weighted by molar-refractivity contribution is -0.384. The van der Waals surface area contributed by atoms with Crippen molar-refractivity contribution in [2.24, 2.45) is 0 Å². The fraction of sp³-hybridized carbons (Fsp3) is 0.286. The van der Waals surface area contributed by atoms with Crippen LogP contribution in [0.25, 0.3) is 21.8 Å². The molecular formula is C42H37F6N5O10. The summed E-state index contributed by atoms with van der Waals surface area (Å²) < 4.78 is 91.9. The van der Waals surface area contributed by atoms with E-state index in [9.17, 15) is 66.4 Å². The van der Waals surface area contributed by atoms with E-state index in [1.807, 2.05) is 0 Å². The van der Waals surface area contributed by atoms with Gasteiger partial charge in [0.15, 0.2) is 11.2 Å². The van der Waals surface area contributed by atoms with Crippen LogP contribution >= 0.6 is 0 Å². The fourth-order valence-corrected chi connectivity index (χ4v) is 7.33. The zero-order chi connectivity index (χ0) is 45.9. The second-order valence-corrected chi connectivity index (χ2v) is 14.7. The van der Waals surface area contributed by atoms with Crippen LogP contribution in [0.4, 0.5) is 37.7 Å². The number of aromatic nitrogens is 2. The molecule has 1 aliphatic rings. The summed E-state index contributed by atoms with van der Waals surface area (Å²) >= 11 is 0. The Labute approximate surface area is 352 Å². The number of halogens is 6. The van der Waals surface area contributed by atoms with Crippen LogP contribution in [0.15, 0.2) is 109 Å². The zero-order valence-electron chi connectivity index (χ0n) is 32.8. The summed E-state index contributed by atoms with van der Waals surface area (Å²) in [5, 5.41) is 52.6. The highest BCUT2D eigenvalue weighted by Crippen LogP contribution is 2.47. The van der Waals surface area contributed by atoms with Gasteiger partial charge in [-0.1, -0.05) is 60.7 Å². The van der Waals surface area contributed by atoms with E-state index < -0.39 is 69.2 Å². The molecule has 0 spiro atoms. The van der Waals surface area contributed by atoms with E-state index in [1.165, 1.54) is 26.2 Å². The fourth-order valence-electron chi connectivity index (χ4n) is 7.33. The number of fused-ring (bicyclic) bond motifs is 2. The number of nitrogens with zero attached hydrogens (tertiary/aromatic N) is 5. The molecule has 63 heavy (non-hydrogen) atoms. The third-order valence-electron chi connectivity index (χ3n) is 10.6. The normalized spacial score (nSPS) is 15.3. The second-order valence-electron chi connectivity index (χ2n) is 14.7. The molecule has 1 aliphatic heterocycles. The number of ether oxygens (including phenoxy) is 1. The first-order chi connectivity index (χ1) is 29.6. The summed E-state index contributed by atoms with van der Waals surface area (Å²) in [4.78, 5) is 46.1. The van der Waals surface area contributed by atoms with Gasteiger partial charge in [-0.15, -0.1) is 0 Å². The molecule has 3 N–H and O–H groups in total. The number of carboxylic acid groups (broad SMARTS) is 1. The van der Waals surface area contributed by atoms with Gasteiger partial charge in [0.1, 0.15) is 0 Å². The highest BCUT2D eigenvalue weighted by atomic mass is 19.4. The molecular weight excluding hydrogens is 848 g/mol. The minimum absolute atomic E-state index is 0.0175. The first-order valence-corrected chi connectivity index (χ1v) is 18.9. The number of non-ortho nitro benzene ring substituents is 2. The highest BCUT2D eigenvalue weighted by molar-refractivity contribution is 5.89. The van der Waals surface area contributed by atoms with Crippen molar-refractivity contribution in [1.82, 2.24) is 14.0 Å². The smallest absolute Gasteiger partial charge is 0.422 e. The van der Waals surface area contributed by atoms with Crippen molar-refractivity contribution in [3.63, 3.8) is 0 Å². The van der Waals surface area contributed by atoms with Crippen molar-refractivity contribution in [2.45, 2.75) is 49.5 Å². The van der Waals surface area contributed by atoms with Gasteiger partial charge in [0.2, 0.25) is 5.91 Å². The largest absolute Gasteiger partial charge is 0.481 e. The molecule has 3 heterocycles. The molecule has 1 fully saturated rings. The van der Waals surface area contributed by atoms with E-state index in [1.54, 1.807) is 60.7 Å². The Bertz CT molecular complexity index is 2650. The maximum Gasteiger partial charge on any atom is 0.422 e. The lowest BCUT2D eigenvalue weighted by atomic mass is 9.88. The molecule has 15 nitrogen and oxygen atoms in total. The summed E-state index contributed by atoms with van der Waals surface area (Å²) in [5.74, 6) is -2.69. The number of alkyl halides is 6. The third kappa shape index (κ3) is 9.64. The number of carbonyl (C=O) groups excluding carboxylic acids is 1. The Kier molecular flexibility index (Phi) is 13.0. The van der Waals surface area contributed by atoms with Crippen molar-refractivity contribution < 1.29 is 65.8 Å². The van der Waals surface area contributed by atoms with Crippen LogP contribution in [0.5, 0.6) is 0 Å². The minimum atomic E-state index is -5.28. The molecule has 0 radical (unpaired) electrons. The van der Waals surface area contributed by atoms with Gasteiger partial charge in [0, 0.05) is 84.7 Å². The van der Waals surface area contributed by atoms with E-state index in [4.69, 9.17) is 9.84 Å². The first-order valence-electron chi connectivity index (χ1n) is 18.9. The van der Waals surface area contributed by atoms with E-state index >= 15 is 0 Å². The van der Waals surface area contributed by atoms with E-state index in [-0.39, 0.29) is 72.6 Å². The quantitative estimate of drug-likeness (QED) is 0.0631. The Morgan fingerprint density at radius 1 is 0.635 bits per heavy atom. The van der Waals surface area contributed by atoms with Gasteiger partial charge in [-0.25, -0.2) is 0 Å². The van der Waals surface area contributed by atoms with Crippen LogP contribution < -0.4 is 0 Å². The SMILES string of the molecule is O=C(CC(O)(c1cn(Cc2ccccc2)c2cc([N+](=O)[O-])ccc12)C(F)(F)F)N1CCOCC1.O=C(O)CC(O)(c1cn(Cc2ccccc2)c2cc([N+](=O)[O-])ccc12)C(F)(F)F. The van der Waals surface area contributed by atoms with E-state index in [0.29, 0.717) is 5.56 Å². The van der Waals surface area contributed by atoms with Crippen LogP contribution in [-0.2, 0) is 38.6 Å². The molecule has 7 rings (SSSR count). The Morgan fingerprint density at radius 3 is 1.40 bits per heavy atom. The lowest BCUT2D eigenvalue weighted by Gasteiger charge is -2.33. The van der Waals surface area contributed by atoms with Gasteiger partial charge in [0.25, 0.3) is 11.4 Å². The van der Waals surface area contributed by atoms with Crippen LogP contribution in [-0.4, -0.2) is 89.7 Å². The van der Waals surface area contributed by atoms with Gasteiger partial charge in [-0.3, -0.25) is 29.8 Å². The summed E-state index contributed by atoms with van der Waals surface area (Å²) in [6.07, 6.45) is -11.1. The molecule has 6 aromatic rings. The van der Waals surface area contributed by atoms with E-state index in [2.05, 4.69) is 0 Å². The monoisotopic (exact) mass is 885 g/mol. The molecule has 0 aliphatic carbocycles. The molecule has 0 bridgehead atoms. The van der Waals surface area contributed by atoms with Gasteiger partial charge < -0.3 is 34.1 Å². The number of aliphatic hydroxyl groups is 2. The number of rotatable bonds is 12. The van der Waals surface area contributed by atoms with Crippen LogP contribution in [0.1, 0.15) is 35.1 Å². The standard InChI is InChI=1S/C23H22F3N3O5.C19H15F3N2O5/c24-23(25,26)22(31,13-21(30)27-8-10-34-11-9-27)19-15-28(14-16-4-2-1-3-5-16)20-12-17(29(32)33)6-7-18(19)20;20-19(21,22)18(27,9-17(25)26)15-11-23(10-12-4-2-1-3-5-12)16-8-13(24(28)29)6-7-14(15)16/h1-7,12,15,31H,8-11,13-14H2;1-8,11,27H,9-10H2,(H,25,26). The number of nitro groups is 2. The van der Waals surface area contributed by atoms with Crippen molar-refractivity contribution in [3.05, 3.63) is 152 Å². The Morgan fingerprint density at radius 2 is 1.03 bits per heavy atom. The Hall–Kier alpha value is -6.84. The first kappa shape index (κ1) is 45.7. The van der Waals surface area contributed by atoms with E-state index in [0.717, 1.165) is 42.2 Å². The van der Waals surface area contributed by atoms with Crippen LogP contribution in [0.3, 0.4) is 0 Å². The molecule has 2 aromatic heterocycles. The second kappa shape index (κ2) is 17.9. The number of hydrogen-bond donors (Lipinski definition) is 3. The van der Waals surface area contributed by atoms with Crippen molar-refractivity contribution in [2.75, 3.05) is 26.3 Å². The predicted molar refractivity (Wildman–Crippen MR) is 212 cm³/mol. The predicted octanol–water partition coefficient (Wildman–Crippen LogP) is 7.42. The third-order valence-corrected chi connectivity index (χ3v) is 10.6. The van der Waals surface area contributed by atoms with Crippen LogP contribution in [0.2, 0.25) is 0 Å². The molecule has 332 valence electrons. The molecule has 21 heteroatoms. The number of carboxylic acids is 1. The highest BCUT2D eigenvalue weighted by Gasteiger charge is 2.58. The molecule has 1 saturated heterocycles. The number of morpholine rings is 1. The van der Waals surface area contributed by atoms with Crippen LogP contribution in [0, 0.1) is 20.2 Å². The molecule has 0 saturated carbocycles. The van der Waals surface area contributed by atoms with Gasteiger partial charge >= 0.3 is 18.3 Å². The lowest BCUT2D eigenvalue weighted by Crippen LogP contribution is -2.49. The average molecular weight is 886 g/mol. The van der Waals surface area contributed by atoms with Crippen molar-refractivity contribution in [1.29, 1.82) is 0 Å². The summed E-state index contributed by atoms with van der Waals surface area (Å²) in [6, 6.07) is 24.1. The Balaban J connectivity index is 0.000000213. The average Bonchev–Trinajstić information content (AvgIpc) is 3.79. The molecule has 4 aromatic carbocycles. The maximum atomic E-state index is 14.3. The summed E-state index contributed by atoms with van der Waals surface area (Å²) in [7, 11) is 0. The number of benzene rings is 4. The number of aliphatic carboxylic acids is 1. The van der Waals surface area contributed by atoms with Gasteiger partial charge in [-0.05, 0) is 23.3 Å². The summed E-state index contributed by atoms with van der Waals surface area (Å²) in [6.45, 7) is 0.860. The van der Waals surface area contributed by atoms with Gasteiger partial charge in [-0.2, -0.15) is 26.3 Å². The van der Waals surface area contributed by atoms with Crippen molar-refractivity contribution >= 4 is 45.1 Å².